The third-order valence-electron chi connectivity index (χ3n) is 4.37. The fraction of sp³-hybridized carbons (Fsp3) is 0.167. The second-order valence-corrected chi connectivity index (χ2v) is 6.22. The van der Waals surface area contributed by atoms with Crippen LogP contribution in [0.4, 0.5) is 0 Å². The topological polar surface area (TPSA) is 16.2 Å². The van der Waals surface area contributed by atoms with E-state index in [9.17, 15) is 0 Å². The smallest absolute Gasteiger partial charge is 0.169 e. The predicted molar refractivity (Wildman–Crippen MR) is 110 cm³/mol. The first kappa shape index (κ1) is 17.8. The Kier molecular flexibility index (Phi) is 6.10. The highest BCUT2D eigenvalue weighted by Gasteiger charge is 2.04. The molecule has 2 heteroatoms. The quantitative estimate of drug-likeness (QED) is 0.426. The number of nitrogens with zero attached hydrogens (tertiary/aromatic N) is 2. The molecule has 3 aromatic rings. The number of aryl methyl sites for hydroxylation is 1. The van der Waals surface area contributed by atoms with Gasteiger partial charge in [-0.05, 0) is 47.7 Å². The highest BCUT2D eigenvalue weighted by atomic mass is 14.9. The fourth-order valence-corrected chi connectivity index (χ4v) is 2.89. The van der Waals surface area contributed by atoms with Gasteiger partial charge in [0.25, 0.3) is 0 Å². The lowest BCUT2D eigenvalue weighted by atomic mass is 10.00. The summed E-state index contributed by atoms with van der Waals surface area (Å²) >= 11 is 0. The molecular weight excluding hydrogens is 316 g/mol. The summed E-state index contributed by atoms with van der Waals surface area (Å²) in [6, 6.07) is 21.2. The van der Waals surface area contributed by atoms with Crippen molar-refractivity contribution in [3.63, 3.8) is 0 Å². The number of hydrogen-bond acceptors (Lipinski definition) is 1. The number of hydrogen-bond donors (Lipinski definition) is 0. The first-order chi connectivity index (χ1) is 12.8. The van der Waals surface area contributed by atoms with Crippen LogP contribution in [0.1, 0.15) is 30.5 Å². The van der Waals surface area contributed by atoms with Crippen molar-refractivity contribution in [1.29, 1.82) is 0 Å². The lowest BCUT2D eigenvalue weighted by molar-refractivity contribution is -0.693. The monoisotopic (exact) mass is 341 g/mol. The summed E-state index contributed by atoms with van der Waals surface area (Å²) in [5.41, 5.74) is 6.01. The van der Waals surface area contributed by atoms with Crippen LogP contribution in [0.3, 0.4) is 0 Å². The van der Waals surface area contributed by atoms with Crippen LogP contribution in [0.15, 0.2) is 84.1 Å². The minimum atomic E-state index is 0.702. The lowest BCUT2D eigenvalue weighted by Gasteiger charge is -2.06. The summed E-state index contributed by atoms with van der Waals surface area (Å²) in [7, 11) is 0. The van der Waals surface area contributed by atoms with Gasteiger partial charge < -0.3 is 0 Å². The maximum absolute atomic E-state index is 4.62. The zero-order valence-electron chi connectivity index (χ0n) is 15.5. The van der Waals surface area contributed by atoms with Crippen molar-refractivity contribution >= 4 is 12.3 Å². The van der Waals surface area contributed by atoms with Crippen molar-refractivity contribution in [2.24, 2.45) is 4.99 Å². The molecule has 0 saturated heterocycles. The first-order valence-corrected chi connectivity index (χ1v) is 9.10. The Hall–Kier alpha value is -3.00. The average molecular weight is 341 g/mol. The summed E-state index contributed by atoms with van der Waals surface area (Å²) in [5, 5.41) is 0. The fourth-order valence-electron chi connectivity index (χ4n) is 2.89. The maximum Gasteiger partial charge on any atom is 0.169 e. The molecule has 0 bridgehead atoms. The van der Waals surface area contributed by atoms with Crippen molar-refractivity contribution in [3.05, 3.63) is 95.8 Å². The second-order valence-electron chi connectivity index (χ2n) is 6.22. The molecule has 0 spiro atoms. The number of aliphatic imine (C=N–C) groups is 1. The maximum atomic E-state index is 4.62. The molecule has 0 amide bonds. The molecule has 1 heterocycles. The SMILES string of the molecule is C/C=C\c1cc(-c2cc[n+](CC)cc2)ccc1C=NCc1ccccc1. The summed E-state index contributed by atoms with van der Waals surface area (Å²) in [6.07, 6.45) is 10.4. The summed E-state index contributed by atoms with van der Waals surface area (Å²) in [4.78, 5) is 4.62. The summed E-state index contributed by atoms with van der Waals surface area (Å²) in [5.74, 6) is 0. The van der Waals surface area contributed by atoms with Crippen molar-refractivity contribution < 1.29 is 4.57 Å². The molecule has 0 aliphatic carbocycles. The average Bonchev–Trinajstić information content (AvgIpc) is 2.70. The molecule has 0 saturated carbocycles. The second kappa shape index (κ2) is 8.91. The Morgan fingerprint density at radius 2 is 1.65 bits per heavy atom. The number of aromatic nitrogens is 1. The van der Waals surface area contributed by atoms with Crippen LogP contribution in [-0.4, -0.2) is 6.21 Å². The van der Waals surface area contributed by atoms with E-state index >= 15 is 0 Å². The Labute approximate surface area is 156 Å². The van der Waals surface area contributed by atoms with Gasteiger partial charge in [0.15, 0.2) is 12.4 Å². The van der Waals surface area contributed by atoms with E-state index in [2.05, 4.69) is 83.5 Å². The Bertz CT molecular complexity index is 891. The Morgan fingerprint density at radius 3 is 2.35 bits per heavy atom. The van der Waals surface area contributed by atoms with Gasteiger partial charge in [0.05, 0.1) is 6.54 Å². The van der Waals surface area contributed by atoms with Crippen LogP contribution < -0.4 is 4.57 Å². The predicted octanol–water partition coefficient (Wildman–Crippen LogP) is 5.31. The molecule has 0 atom stereocenters. The van der Waals surface area contributed by atoms with Crippen LogP contribution in [0, 0.1) is 0 Å². The number of pyridine rings is 1. The van der Waals surface area contributed by atoms with Crippen LogP contribution in [-0.2, 0) is 13.1 Å². The minimum absolute atomic E-state index is 0.702. The molecular formula is C24H25N2+. The van der Waals surface area contributed by atoms with Crippen molar-refractivity contribution in [2.45, 2.75) is 26.9 Å². The van der Waals surface area contributed by atoms with Crippen LogP contribution in [0.5, 0.6) is 0 Å². The van der Waals surface area contributed by atoms with Gasteiger partial charge in [0.2, 0.25) is 0 Å². The normalized spacial score (nSPS) is 11.5. The third-order valence-corrected chi connectivity index (χ3v) is 4.37. The summed E-state index contributed by atoms with van der Waals surface area (Å²) in [6.45, 7) is 5.88. The molecule has 2 aromatic carbocycles. The van der Waals surface area contributed by atoms with E-state index in [-0.39, 0.29) is 0 Å². The van der Waals surface area contributed by atoms with Crippen LogP contribution >= 0.6 is 0 Å². The molecule has 1 aromatic heterocycles. The van der Waals surface area contributed by atoms with Crippen molar-refractivity contribution in [1.82, 2.24) is 0 Å². The zero-order chi connectivity index (χ0) is 18.2. The molecule has 0 aliphatic rings. The standard InChI is InChI=1S/C24H25N2/c1-3-8-22-17-23(21-13-15-26(4-2)16-14-21)11-12-24(22)19-25-18-20-9-6-5-7-10-20/h3,5-17,19H,4,18H2,1-2H3/q+1/b8-3-,25-19?. The molecule has 0 aliphatic heterocycles. The Morgan fingerprint density at radius 1 is 0.885 bits per heavy atom. The molecule has 3 rings (SSSR count). The molecule has 0 unspecified atom stereocenters. The minimum Gasteiger partial charge on any atom is -0.288 e. The largest absolute Gasteiger partial charge is 0.288 e. The lowest BCUT2D eigenvalue weighted by Crippen LogP contribution is -2.30. The molecule has 0 fully saturated rings. The van der Waals surface area contributed by atoms with E-state index in [1.165, 1.54) is 22.3 Å². The highest BCUT2D eigenvalue weighted by molar-refractivity contribution is 5.87. The van der Waals surface area contributed by atoms with E-state index in [4.69, 9.17) is 0 Å². The molecule has 26 heavy (non-hydrogen) atoms. The van der Waals surface area contributed by atoms with Gasteiger partial charge in [-0.25, -0.2) is 4.57 Å². The van der Waals surface area contributed by atoms with Gasteiger partial charge in [-0.3, -0.25) is 4.99 Å². The van der Waals surface area contributed by atoms with Crippen LogP contribution in [0.25, 0.3) is 17.2 Å². The van der Waals surface area contributed by atoms with Gasteiger partial charge in [-0.2, -0.15) is 0 Å². The van der Waals surface area contributed by atoms with E-state index in [0.29, 0.717) is 6.54 Å². The molecule has 130 valence electrons. The third kappa shape index (κ3) is 4.54. The van der Waals surface area contributed by atoms with Gasteiger partial charge in [0, 0.05) is 18.3 Å². The van der Waals surface area contributed by atoms with Gasteiger partial charge in [0.1, 0.15) is 6.54 Å². The van der Waals surface area contributed by atoms with Gasteiger partial charge >= 0.3 is 0 Å². The van der Waals surface area contributed by atoms with Crippen molar-refractivity contribution in [2.75, 3.05) is 0 Å². The zero-order valence-corrected chi connectivity index (χ0v) is 15.5. The molecule has 0 radical (unpaired) electrons. The van der Waals surface area contributed by atoms with Crippen molar-refractivity contribution in [3.8, 4) is 11.1 Å². The molecule has 0 N–H and O–H groups in total. The summed E-state index contributed by atoms with van der Waals surface area (Å²) < 4.78 is 2.17. The first-order valence-electron chi connectivity index (χ1n) is 9.10. The van der Waals surface area contributed by atoms with Crippen LogP contribution in [0.2, 0.25) is 0 Å². The van der Waals surface area contributed by atoms with E-state index in [1.807, 2.05) is 31.3 Å². The number of benzene rings is 2. The van der Waals surface area contributed by atoms with E-state index < -0.39 is 0 Å². The van der Waals surface area contributed by atoms with E-state index in [0.717, 1.165) is 12.1 Å². The van der Waals surface area contributed by atoms with Gasteiger partial charge in [-0.1, -0.05) is 54.6 Å². The van der Waals surface area contributed by atoms with E-state index in [1.54, 1.807) is 0 Å². The highest BCUT2D eigenvalue weighted by Crippen LogP contribution is 2.22. The Balaban J connectivity index is 1.84. The molecule has 2 nitrogen and oxygen atoms in total. The number of allylic oxidation sites excluding steroid dienone is 1. The number of rotatable bonds is 6. The van der Waals surface area contributed by atoms with Gasteiger partial charge in [-0.15, -0.1) is 0 Å².